The summed E-state index contributed by atoms with van der Waals surface area (Å²) in [5.74, 6) is 2.69. The van der Waals surface area contributed by atoms with Gasteiger partial charge in [0.05, 0.1) is 23.1 Å². The van der Waals surface area contributed by atoms with Gasteiger partial charge in [-0.25, -0.2) is 9.97 Å². The minimum atomic E-state index is 0.0413. The normalized spacial score (nSPS) is 14.2. The molecule has 6 rings (SSSR count). The van der Waals surface area contributed by atoms with Gasteiger partial charge in [0.2, 0.25) is 0 Å². The SMILES string of the molecule is CC(C)[C@@H](Nc1ncnc2[nH]c(-c3ccc4[nH]ncc4c3)cc12)c1ccc2c(c1)OCCO2. The quantitative estimate of drug-likeness (QED) is 0.352. The van der Waals surface area contributed by atoms with Crippen LogP contribution in [0.25, 0.3) is 33.2 Å². The number of anilines is 1. The summed E-state index contributed by atoms with van der Waals surface area (Å²) in [7, 11) is 0. The van der Waals surface area contributed by atoms with Crippen molar-refractivity contribution in [2.75, 3.05) is 18.5 Å². The van der Waals surface area contributed by atoms with E-state index in [9.17, 15) is 0 Å². The lowest BCUT2D eigenvalue weighted by Crippen LogP contribution is -2.19. The summed E-state index contributed by atoms with van der Waals surface area (Å²) in [5, 5.41) is 12.8. The predicted molar refractivity (Wildman–Crippen MR) is 128 cm³/mol. The van der Waals surface area contributed by atoms with Gasteiger partial charge in [-0.05, 0) is 47.4 Å². The summed E-state index contributed by atoms with van der Waals surface area (Å²) in [6.45, 7) is 5.53. The second-order valence-corrected chi connectivity index (χ2v) is 8.61. The van der Waals surface area contributed by atoms with Gasteiger partial charge in [0.25, 0.3) is 0 Å². The third kappa shape index (κ3) is 3.53. The Hall–Kier alpha value is -4.07. The molecule has 0 saturated carbocycles. The molecule has 1 aliphatic heterocycles. The van der Waals surface area contributed by atoms with Gasteiger partial charge in [0.1, 0.15) is 31.0 Å². The maximum absolute atomic E-state index is 5.80. The van der Waals surface area contributed by atoms with Crippen LogP contribution in [-0.4, -0.2) is 38.4 Å². The number of benzene rings is 2. The van der Waals surface area contributed by atoms with Gasteiger partial charge in [0, 0.05) is 11.1 Å². The molecule has 0 bridgehead atoms. The molecule has 0 fully saturated rings. The third-order valence-electron chi connectivity index (χ3n) is 6.06. The molecule has 8 nitrogen and oxygen atoms in total. The second-order valence-electron chi connectivity index (χ2n) is 8.61. The average Bonchev–Trinajstić information content (AvgIpc) is 3.48. The number of rotatable bonds is 5. The Bertz CT molecular complexity index is 1450. The molecule has 0 saturated heterocycles. The minimum absolute atomic E-state index is 0.0413. The highest BCUT2D eigenvalue weighted by Crippen LogP contribution is 2.37. The van der Waals surface area contributed by atoms with E-state index in [0.717, 1.165) is 56.1 Å². The summed E-state index contributed by atoms with van der Waals surface area (Å²) in [6, 6.07) is 14.5. The number of H-pyrrole nitrogens is 2. The van der Waals surface area contributed by atoms with Crippen LogP contribution in [-0.2, 0) is 0 Å². The molecule has 8 heteroatoms. The van der Waals surface area contributed by atoms with Crippen molar-refractivity contribution >= 4 is 27.8 Å². The molecule has 4 heterocycles. The van der Waals surface area contributed by atoms with Crippen LogP contribution in [0.4, 0.5) is 5.82 Å². The first-order valence-electron chi connectivity index (χ1n) is 11.1. The van der Waals surface area contributed by atoms with Crippen LogP contribution in [0.15, 0.2) is 55.0 Å². The van der Waals surface area contributed by atoms with Gasteiger partial charge in [-0.1, -0.05) is 26.0 Å². The van der Waals surface area contributed by atoms with Crippen molar-refractivity contribution in [3.8, 4) is 22.8 Å². The molecule has 1 atom stereocenters. The molecule has 5 aromatic rings. The molecule has 0 unspecified atom stereocenters. The summed E-state index contributed by atoms with van der Waals surface area (Å²) >= 11 is 0. The molecular weight excluding hydrogens is 416 g/mol. The van der Waals surface area contributed by atoms with E-state index in [1.165, 1.54) is 0 Å². The molecule has 0 spiro atoms. The lowest BCUT2D eigenvalue weighted by Gasteiger charge is -2.26. The number of nitrogens with one attached hydrogen (secondary N) is 3. The van der Waals surface area contributed by atoms with Crippen LogP contribution >= 0.6 is 0 Å². The number of aromatic nitrogens is 5. The molecule has 2 aromatic carbocycles. The Balaban J connectivity index is 1.36. The summed E-state index contributed by atoms with van der Waals surface area (Å²) < 4.78 is 11.5. The Morgan fingerprint density at radius 2 is 1.85 bits per heavy atom. The molecule has 3 N–H and O–H groups in total. The maximum atomic E-state index is 5.80. The lowest BCUT2D eigenvalue weighted by molar-refractivity contribution is 0.171. The molecule has 1 aliphatic rings. The standard InChI is InChI=1S/C25H24N6O2/c1-14(2)23(16-4-6-21-22(10-16)33-8-7-32-21)30-25-18-11-20(29-24(18)26-13-27-25)15-3-5-19-17(9-15)12-28-31-19/h3-6,9-14,23H,7-8H2,1-2H3,(H,28,31)(H2,26,27,29,30)/t23-/m1/s1. The number of hydrogen-bond acceptors (Lipinski definition) is 6. The van der Waals surface area contributed by atoms with Crippen molar-refractivity contribution in [3.05, 3.63) is 60.6 Å². The van der Waals surface area contributed by atoms with Gasteiger partial charge >= 0.3 is 0 Å². The zero-order chi connectivity index (χ0) is 22.4. The molecular formula is C25H24N6O2. The van der Waals surface area contributed by atoms with E-state index in [2.05, 4.69) is 74.6 Å². The van der Waals surface area contributed by atoms with E-state index in [1.807, 2.05) is 18.3 Å². The smallest absolute Gasteiger partial charge is 0.161 e. The first kappa shape index (κ1) is 19.6. The molecule has 3 aromatic heterocycles. The molecule has 166 valence electrons. The number of aromatic amines is 2. The predicted octanol–water partition coefficient (Wildman–Crippen LogP) is 5.08. The fourth-order valence-corrected chi connectivity index (χ4v) is 4.36. The largest absolute Gasteiger partial charge is 0.486 e. The Morgan fingerprint density at radius 1 is 0.970 bits per heavy atom. The summed E-state index contributed by atoms with van der Waals surface area (Å²) in [5.41, 5.74) is 4.98. The van der Waals surface area contributed by atoms with Crippen LogP contribution in [0.5, 0.6) is 11.5 Å². The Morgan fingerprint density at radius 3 is 2.73 bits per heavy atom. The summed E-state index contributed by atoms with van der Waals surface area (Å²) in [6.07, 6.45) is 3.42. The number of ether oxygens (including phenoxy) is 2. The van der Waals surface area contributed by atoms with Crippen molar-refractivity contribution in [2.24, 2.45) is 5.92 Å². The van der Waals surface area contributed by atoms with Crippen molar-refractivity contribution in [1.29, 1.82) is 0 Å². The second kappa shape index (κ2) is 7.81. The zero-order valence-corrected chi connectivity index (χ0v) is 18.4. The molecule has 0 aliphatic carbocycles. The fraction of sp³-hybridized carbons (Fsp3) is 0.240. The van der Waals surface area contributed by atoms with E-state index >= 15 is 0 Å². The molecule has 0 radical (unpaired) electrons. The van der Waals surface area contributed by atoms with Gasteiger partial charge in [0.15, 0.2) is 11.5 Å². The van der Waals surface area contributed by atoms with Crippen LogP contribution in [0.2, 0.25) is 0 Å². The highest BCUT2D eigenvalue weighted by atomic mass is 16.6. The third-order valence-corrected chi connectivity index (χ3v) is 6.06. The minimum Gasteiger partial charge on any atom is -0.486 e. The molecule has 33 heavy (non-hydrogen) atoms. The van der Waals surface area contributed by atoms with Crippen molar-refractivity contribution in [1.82, 2.24) is 25.1 Å². The van der Waals surface area contributed by atoms with Gasteiger partial charge in [-0.2, -0.15) is 5.10 Å². The van der Waals surface area contributed by atoms with Crippen LogP contribution in [0.1, 0.15) is 25.5 Å². The zero-order valence-electron chi connectivity index (χ0n) is 18.4. The first-order chi connectivity index (χ1) is 16.2. The summed E-state index contributed by atoms with van der Waals surface area (Å²) in [4.78, 5) is 12.5. The van der Waals surface area contributed by atoms with Crippen LogP contribution in [0.3, 0.4) is 0 Å². The highest BCUT2D eigenvalue weighted by Gasteiger charge is 2.21. The van der Waals surface area contributed by atoms with Crippen LogP contribution in [0, 0.1) is 5.92 Å². The fourth-order valence-electron chi connectivity index (χ4n) is 4.36. The molecule has 0 amide bonds. The Labute approximate surface area is 190 Å². The number of fused-ring (bicyclic) bond motifs is 3. The highest BCUT2D eigenvalue weighted by molar-refractivity contribution is 5.93. The van der Waals surface area contributed by atoms with E-state index < -0.39 is 0 Å². The van der Waals surface area contributed by atoms with Crippen molar-refractivity contribution in [3.63, 3.8) is 0 Å². The number of hydrogen-bond donors (Lipinski definition) is 3. The number of nitrogens with zero attached hydrogens (tertiary/aromatic N) is 3. The van der Waals surface area contributed by atoms with E-state index in [0.29, 0.717) is 19.1 Å². The maximum Gasteiger partial charge on any atom is 0.161 e. The van der Waals surface area contributed by atoms with Crippen LogP contribution < -0.4 is 14.8 Å². The van der Waals surface area contributed by atoms with E-state index in [1.54, 1.807) is 6.33 Å². The van der Waals surface area contributed by atoms with Gasteiger partial charge in [-0.3, -0.25) is 5.10 Å². The van der Waals surface area contributed by atoms with Gasteiger partial charge < -0.3 is 19.8 Å². The first-order valence-corrected chi connectivity index (χ1v) is 11.1. The lowest BCUT2D eigenvalue weighted by atomic mass is 9.95. The van der Waals surface area contributed by atoms with Crippen molar-refractivity contribution in [2.45, 2.75) is 19.9 Å². The van der Waals surface area contributed by atoms with E-state index in [-0.39, 0.29) is 6.04 Å². The average molecular weight is 441 g/mol. The van der Waals surface area contributed by atoms with Crippen molar-refractivity contribution < 1.29 is 9.47 Å². The topological polar surface area (TPSA) is 101 Å². The Kier molecular flexibility index (Phi) is 4.64. The van der Waals surface area contributed by atoms with Gasteiger partial charge in [-0.15, -0.1) is 0 Å². The van der Waals surface area contributed by atoms with E-state index in [4.69, 9.17) is 9.47 Å². The monoisotopic (exact) mass is 440 g/mol.